The van der Waals surface area contributed by atoms with E-state index in [0.29, 0.717) is 24.5 Å². The third-order valence-corrected chi connectivity index (χ3v) is 6.78. The van der Waals surface area contributed by atoms with Crippen molar-refractivity contribution in [3.63, 3.8) is 0 Å². The molecule has 2 aliphatic rings. The summed E-state index contributed by atoms with van der Waals surface area (Å²) in [6.07, 6.45) is 0.873. The molecule has 4 rings (SSSR count). The second-order valence-corrected chi connectivity index (χ2v) is 9.18. The van der Waals surface area contributed by atoms with Crippen LogP contribution in [0.15, 0.2) is 54.6 Å². The van der Waals surface area contributed by atoms with Gasteiger partial charge in [0.1, 0.15) is 13.1 Å². The lowest BCUT2D eigenvalue weighted by Crippen LogP contribution is -2.53. The molecule has 2 N–H and O–H groups in total. The molecule has 0 spiro atoms. The minimum atomic E-state index is -0.344. The molecule has 2 aromatic carbocycles. The van der Waals surface area contributed by atoms with E-state index in [2.05, 4.69) is 27.4 Å². The fourth-order valence-corrected chi connectivity index (χ4v) is 4.64. The molecule has 0 aromatic heterocycles. The molecule has 4 amide bonds. The number of hydrogen-bond donors (Lipinski definition) is 2. The number of nitrogens with one attached hydrogen (secondary N) is 2. The number of piperazine rings is 1. The van der Waals surface area contributed by atoms with Gasteiger partial charge in [-0.1, -0.05) is 49.4 Å². The van der Waals surface area contributed by atoms with Crippen LogP contribution in [0.3, 0.4) is 0 Å². The van der Waals surface area contributed by atoms with Gasteiger partial charge in [-0.05, 0) is 37.2 Å². The first-order chi connectivity index (χ1) is 17.5. The zero-order chi connectivity index (χ0) is 25.3. The van der Waals surface area contributed by atoms with Crippen molar-refractivity contribution in [3.05, 3.63) is 60.2 Å². The number of anilines is 2. The minimum absolute atomic E-state index is 0.0650. The predicted octanol–water partition coefficient (Wildman–Crippen LogP) is 1.89. The molecule has 0 aliphatic carbocycles. The molecule has 2 heterocycles. The summed E-state index contributed by atoms with van der Waals surface area (Å²) in [5.41, 5.74) is 2.15. The maximum Gasteiger partial charge on any atom is 0.322 e. The zero-order valence-corrected chi connectivity index (χ0v) is 21.0. The molecule has 2 aromatic rings. The second kappa shape index (κ2) is 12.5. The van der Waals surface area contributed by atoms with Crippen molar-refractivity contribution in [1.29, 1.82) is 0 Å². The molecular formula is C27H36N6O3. The quantitative estimate of drug-likeness (QED) is 0.522. The highest BCUT2D eigenvalue weighted by molar-refractivity contribution is 6.12. The number of hydrogen-bond acceptors (Lipinski definition) is 5. The predicted molar refractivity (Wildman–Crippen MR) is 141 cm³/mol. The molecule has 0 atom stereocenters. The Morgan fingerprint density at radius 3 is 2.25 bits per heavy atom. The summed E-state index contributed by atoms with van der Waals surface area (Å²) in [5.74, 6) is -0.483. The van der Waals surface area contributed by atoms with Crippen LogP contribution in [0, 0.1) is 0 Å². The molecule has 36 heavy (non-hydrogen) atoms. The van der Waals surface area contributed by atoms with Crippen LogP contribution in [-0.2, 0) is 16.1 Å². The minimum Gasteiger partial charge on any atom is -0.355 e. The molecule has 0 bridgehead atoms. The smallest absolute Gasteiger partial charge is 0.322 e. The van der Waals surface area contributed by atoms with Crippen molar-refractivity contribution in [3.8, 4) is 0 Å². The van der Waals surface area contributed by atoms with Crippen LogP contribution in [0.1, 0.15) is 18.9 Å². The van der Waals surface area contributed by atoms with E-state index in [1.54, 1.807) is 18.2 Å². The Labute approximate surface area is 213 Å². The third kappa shape index (κ3) is 6.61. The first-order valence-electron chi connectivity index (χ1n) is 12.7. The monoisotopic (exact) mass is 492 g/mol. The zero-order valence-electron chi connectivity index (χ0n) is 21.0. The van der Waals surface area contributed by atoms with Crippen molar-refractivity contribution >= 4 is 29.2 Å². The van der Waals surface area contributed by atoms with E-state index in [0.717, 1.165) is 51.3 Å². The Hall–Kier alpha value is -3.43. The van der Waals surface area contributed by atoms with Crippen LogP contribution >= 0.6 is 0 Å². The lowest BCUT2D eigenvalue weighted by Gasteiger charge is -2.35. The molecule has 1 fully saturated rings. The van der Waals surface area contributed by atoms with Crippen LogP contribution in [0.5, 0.6) is 0 Å². The Morgan fingerprint density at radius 2 is 1.53 bits per heavy atom. The number of carbonyl (C=O) groups is 3. The highest BCUT2D eigenvalue weighted by Crippen LogP contribution is 2.33. The average Bonchev–Trinajstić information content (AvgIpc) is 2.92. The van der Waals surface area contributed by atoms with Crippen molar-refractivity contribution < 1.29 is 14.4 Å². The average molecular weight is 493 g/mol. The summed E-state index contributed by atoms with van der Waals surface area (Å²) < 4.78 is 0. The number of nitrogens with zero attached hydrogens (tertiary/aromatic N) is 4. The number of likely N-dealkylation sites (N-methyl/N-ethyl adjacent to an activating group) is 1. The molecule has 9 heteroatoms. The Balaban J connectivity index is 1.28. The standard InChI is InChI=1S/C27H36N6O3/c1-2-30-15-17-31(18-16-30)14-8-13-28-25(34)20-32-23-11-6-7-12-24(23)33(21-26(32)35)27(36)29-19-22-9-4-3-5-10-22/h3-7,9-12H,2,8,13-21H2,1H3,(H,28,34)(H,29,36). The largest absolute Gasteiger partial charge is 0.355 e. The van der Waals surface area contributed by atoms with Gasteiger partial charge in [0.2, 0.25) is 11.8 Å². The molecule has 192 valence electrons. The van der Waals surface area contributed by atoms with Crippen molar-refractivity contribution in [1.82, 2.24) is 20.4 Å². The fraction of sp³-hybridized carbons (Fsp3) is 0.444. The van der Waals surface area contributed by atoms with E-state index in [-0.39, 0.29) is 30.9 Å². The van der Waals surface area contributed by atoms with E-state index >= 15 is 0 Å². The number of benzene rings is 2. The van der Waals surface area contributed by atoms with Gasteiger partial charge in [-0.3, -0.25) is 19.4 Å². The van der Waals surface area contributed by atoms with Gasteiger partial charge in [-0.15, -0.1) is 0 Å². The van der Waals surface area contributed by atoms with E-state index in [9.17, 15) is 14.4 Å². The van der Waals surface area contributed by atoms with Gasteiger partial charge >= 0.3 is 6.03 Å². The van der Waals surface area contributed by atoms with Crippen LogP contribution in [-0.4, -0.2) is 86.5 Å². The first-order valence-corrected chi connectivity index (χ1v) is 12.7. The molecule has 0 unspecified atom stereocenters. The van der Waals surface area contributed by atoms with E-state index in [4.69, 9.17) is 0 Å². The van der Waals surface area contributed by atoms with Gasteiger partial charge in [0.05, 0.1) is 11.4 Å². The van der Waals surface area contributed by atoms with Crippen LogP contribution in [0.25, 0.3) is 0 Å². The number of rotatable bonds is 9. The SMILES string of the molecule is CCN1CCN(CCCNC(=O)CN2C(=O)CN(C(=O)NCc3ccccc3)c3ccccc32)CC1. The van der Waals surface area contributed by atoms with Gasteiger partial charge in [0.15, 0.2) is 0 Å². The lowest BCUT2D eigenvalue weighted by atomic mass is 10.1. The summed E-state index contributed by atoms with van der Waals surface area (Å²) in [6, 6.07) is 16.5. The van der Waals surface area contributed by atoms with Crippen molar-refractivity contribution in [2.75, 3.05) is 68.7 Å². The number of para-hydroxylation sites is 2. The highest BCUT2D eigenvalue weighted by atomic mass is 16.2. The van der Waals surface area contributed by atoms with E-state index < -0.39 is 0 Å². The summed E-state index contributed by atoms with van der Waals surface area (Å²) in [6.45, 7) is 9.33. The number of amides is 4. The second-order valence-electron chi connectivity index (χ2n) is 9.18. The Morgan fingerprint density at radius 1 is 0.861 bits per heavy atom. The van der Waals surface area contributed by atoms with Gasteiger partial charge < -0.3 is 20.4 Å². The fourth-order valence-electron chi connectivity index (χ4n) is 4.64. The maximum atomic E-state index is 13.0. The first kappa shape index (κ1) is 25.7. The molecule has 9 nitrogen and oxygen atoms in total. The summed E-state index contributed by atoms with van der Waals surface area (Å²) >= 11 is 0. The number of carbonyl (C=O) groups excluding carboxylic acids is 3. The molecule has 2 aliphatic heterocycles. The molecule has 0 radical (unpaired) electrons. The van der Waals surface area contributed by atoms with Crippen molar-refractivity contribution in [2.45, 2.75) is 19.9 Å². The van der Waals surface area contributed by atoms with Crippen LogP contribution in [0.2, 0.25) is 0 Å². The van der Waals surface area contributed by atoms with Gasteiger partial charge in [0.25, 0.3) is 0 Å². The molecule has 0 saturated carbocycles. The molecular weight excluding hydrogens is 456 g/mol. The van der Waals surface area contributed by atoms with Crippen LogP contribution in [0.4, 0.5) is 16.2 Å². The van der Waals surface area contributed by atoms with Crippen molar-refractivity contribution in [2.24, 2.45) is 0 Å². The van der Waals surface area contributed by atoms with E-state index in [1.807, 2.05) is 36.4 Å². The third-order valence-electron chi connectivity index (χ3n) is 6.78. The summed E-state index contributed by atoms with van der Waals surface area (Å²) in [5, 5.41) is 5.83. The maximum absolute atomic E-state index is 13.0. The van der Waals surface area contributed by atoms with Gasteiger partial charge in [-0.25, -0.2) is 4.79 Å². The van der Waals surface area contributed by atoms with Gasteiger partial charge in [-0.2, -0.15) is 0 Å². The number of fused-ring (bicyclic) bond motifs is 1. The lowest BCUT2D eigenvalue weighted by molar-refractivity contribution is -0.123. The van der Waals surface area contributed by atoms with Crippen LogP contribution < -0.4 is 20.4 Å². The normalized spacial score (nSPS) is 16.5. The Kier molecular flexibility index (Phi) is 8.91. The topological polar surface area (TPSA) is 88.2 Å². The molecule has 1 saturated heterocycles. The number of urea groups is 1. The van der Waals surface area contributed by atoms with E-state index in [1.165, 1.54) is 9.80 Å². The Bertz CT molecular complexity index is 1040. The van der Waals surface area contributed by atoms with Gasteiger partial charge in [0, 0.05) is 39.3 Å². The highest BCUT2D eigenvalue weighted by Gasteiger charge is 2.33. The summed E-state index contributed by atoms with van der Waals surface area (Å²) in [4.78, 5) is 46.3. The summed E-state index contributed by atoms with van der Waals surface area (Å²) in [7, 11) is 0.